The SMILES string of the molecule is COc1cc(N2CCCCO2)c(F)cc1N. The second-order valence-corrected chi connectivity index (χ2v) is 3.69. The van der Waals surface area contributed by atoms with Gasteiger partial charge in [0.05, 0.1) is 19.4 Å². The number of benzene rings is 1. The number of anilines is 2. The Hall–Kier alpha value is -1.49. The molecule has 1 aliphatic heterocycles. The normalized spacial score (nSPS) is 16.2. The fourth-order valence-electron chi connectivity index (χ4n) is 1.71. The van der Waals surface area contributed by atoms with E-state index >= 15 is 0 Å². The molecule has 1 aromatic rings. The molecule has 88 valence electrons. The Bertz CT molecular complexity index is 378. The van der Waals surface area contributed by atoms with E-state index in [0.717, 1.165) is 12.8 Å². The number of hydrogen-bond donors (Lipinski definition) is 1. The number of hydrogen-bond acceptors (Lipinski definition) is 4. The van der Waals surface area contributed by atoms with Crippen LogP contribution in [0.15, 0.2) is 12.1 Å². The minimum atomic E-state index is -0.389. The number of hydroxylamine groups is 1. The predicted octanol–water partition coefficient (Wildman–Crippen LogP) is 1.95. The lowest BCUT2D eigenvalue weighted by Gasteiger charge is -2.28. The van der Waals surface area contributed by atoms with E-state index in [4.69, 9.17) is 15.3 Å². The van der Waals surface area contributed by atoms with E-state index in [0.29, 0.717) is 30.3 Å². The molecule has 1 aliphatic rings. The third kappa shape index (κ3) is 2.04. The number of ether oxygens (including phenoxy) is 1. The summed E-state index contributed by atoms with van der Waals surface area (Å²) in [5.41, 5.74) is 6.28. The summed E-state index contributed by atoms with van der Waals surface area (Å²) >= 11 is 0. The van der Waals surface area contributed by atoms with E-state index in [1.165, 1.54) is 13.2 Å². The zero-order chi connectivity index (χ0) is 11.5. The molecule has 0 saturated carbocycles. The Morgan fingerprint density at radius 3 is 2.88 bits per heavy atom. The summed E-state index contributed by atoms with van der Waals surface area (Å²) in [5.74, 6) is 0.0748. The van der Waals surface area contributed by atoms with Gasteiger partial charge in [0.25, 0.3) is 0 Å². The highest BCUT2D eigenvalue weighted by atomic mass is 19.1. The minimum Gasteiger partial charge on any atom is -0.495 e. The second kappa shape index (κ2) is 4.57. The van der Waals surface area contributed by atoms with Crippen LogP contribution in [0, 0.1) is 5.82 Å². The fraction of sp³-hybridized carbons (Fsp3) is 0.455. The first-order valence-corrected chi connectivity index (χ1v) is 5.26. The molecular weight excluding hydrogens is 211 g/mol. The summed E-state index contributed by atoms with van der Waals surface area (Å²) in [4.78, 5) is 5.38. The maximum absolute atomic E-state index is 13.7. The van der Waals surface area contributed by atoms with Gasteiger partial charge >= 0.3 is 0 Å². The van der Waals surface area contributed by atoms with Gasteiger partial charge in [0.2, 0.25) is 0 Å². The topological polar surface area (TPSA) is 47.7 Å². The lowest BCUT2D eigenvalue weighted by molar-refractivity contribution is 0.0763. The first-order chi connectivity index (χ1) is 7.72. The van der Waals surface area contributed by atoms with Crippen LogP contribution < -0.4 is 15.5 Å². The molecule has 0 unspecified atom stereocenters. The van der Waals surface area contributed by atoms with Crippen LogP contribution in [0.25, 0.3) is 0 Å². The van der Waals surface area contributed by atoms with E-state index in [1.807, 2.05) is 0 Å². The van der Waals surface area contributed by atoms with E-state index in [1.54, 1.807) is 11.1 Å². The summed E-state index contributed by atoms with van der Waals surface area (Å²) in [6.45, 7) is 1.30. The van der Waals surface area contributed by atoms with Crippen molar-refractivity contribution in [1.82, 2.24) is 0 Å². The average Bonchev–Trinajstić information content (AvgIpc) is 2.30. The number of nitrogens with zero attached hydrogens (tertiary/aromatic N) is 1. The van der Waals surface area contributed by atoms with Crippen LogP contribution in [0.2, 0.25) is 0 Å². The van der Waals surface area contributed by atoms with Crippen LogP contribution in [0.3, 0.4) is 0 Å². The molecule has 1 aromatic carbocycles. The second-order valence-electron chi connectivity index (χ2n) is 3.69. The highest BCUT2D eigenvalue weighted by molar-refractivity contribution is 5.62. The Balaban J connectivity index is 2.31. The molecule has 0 aliphatic carbocycles. The molecule has 1 heterocycles. The van der Waals surface area contributed by atoms with Crippen molar-refractivity contribution >= 4 is 11.4 Å². The van der Waals surface area contributed by atoms with Crippen LogP contribution >= 0.6 is 0 Å². The molecule has 1 saturated heterocycles. The zero-order valence-electron chi connectivity index (χ0n) is 9.20. The van der Waals surface area contributed by atoms with Gasteiger partial charge < -0.3 is 10.5 Å². The van der Waals surface area contributed by atoms with Crippen LogP contribution in [-0.2, 0) is 4.84 Å². The van der Waals surface area contributed by atoms with Crippen LogP contribution in [0.5, 0.6) is 5.75 Å². The standard InChI is InChI=1S/C11H15FN2O2/c1-15-11-7-10(8(12)6-9(11)13)14-4-2-3-5-16-14/h6-7H,2-5,13H2,1H3. The largest absolute Gasteiger partial charge is 0.495 e. The average molecular weight is 226 g/mol. The molecule has 2 N–H and O–H groups in total. The maximum atomic E-state index is 13.7. The summed E-state index contributed by atoms with van der Waals surface area (Å²) in [6, 6.07) is 2.82. The van der Waals surface area contributed by atoms with Gasteiger partial charge in [0, 0.05) is 18.7 Å². The van der Waals surface area contributed by atoms with E-state index in [-0.39, 0.29) is 5.82 Å². The van der Waals surface area contributed by atoms with Crippen LogP contribution in [0.1, 0.15) is 12.8 Å². The number of halogens is 1. The van der Waals surface area contributed by atoms with Crippen molar-refractivity contribution in [3.63, 3.8) is 0 Å². The summed E-state index contributed by atoms with van der Waals surface area (Å²) in [5, 5.41) is 1.56. The third-order valence-corrected chi connectivity index (χ3v) is 2.57. The van der Waals surface area contributed by atoms with Crippen molar-refractivity contribution in [2.45, 2.75) is 12.8 Å². The zero-order valence-corrected chi connectivity index (χ0v) is 9.20. The molecular formula is C11H15FN2O2. The van der Waals surface area contributed by atoms with Gasteiger partial charge in [-0.15, -0.1) is 0 Å². The van der Waals surface area contributed by atoms with Crippen LogP contribution in [0.4, 0.5) is 15.8 Å². The van der Waals surface area contributed by atoms with Gasteiger partial charge in [-0.3, -0.25) is 9.90 Å². The van der Waals surface area contributed by atoms with E-state index in [2.05, 4.69) is 0 Å². The van der Waals surface area contributed by atoms with Crippen molar-refractivity contribution in [3.8, 4) is 5.75 Å². The first kappa shape index (κ1) is 11.0. The lowest BCUT2D eigenvalue weighted by atomic mass is 10.2. The summed E-state index contributed by atoms with van der Waals surface area (Å²) in [6.07, 6.45) is 2.00. The third-order valence-electron chi connectivity index (χ3n) is 2.57. The molecule has 16 heavy (non-hydrogen) atoms. The first-order valence-electron chi connectivity index (χ1n) is 5.26. The Morgan fingerprint density at radius 1 is 1.44 bits per heavy atom. The van der Waals surface area contributed by atoms with Gasteiger partial charge in [-0.2, -0.15) is 0 Å². The predicted molar refractivity (Wildman–Crippen MR) is 59.9 cm³/mol. The number of rotatable bonds is 2. The Morgan fingerprint density at radius 2 is 2.25 bits per heavy atom. The number of nitrogens with two attached hydrogens (primary N) is 1. The van der Waals surface area contributed by atoms with Gasteiger partial charge in [0.1, 0.15) is 11.4 Å². The molecule has 0 aromatic heterocycles. The van der Waals surface area contributed by atoms with Gasteiger partial charge in [-0.05, 0) is 12.8 Å². The van der Waals surface area contributed by atoms with Crippen molar-refractivity contribution < 1.29 is 14.0 Å². The Labute approximate surface area is 93.7 Å². The molecule has 2 rings (SSSR count). The van der Waals surface area contributed by atoms with Gasteiger partial charge in [-0.1, -0.05) is 0 Å². The van der Waals surface area contributed by atoms with Crippen molar-refractivity contribution in [2.75, 3.05) is 31.1 Å². The monoisotopic (exact) mass is 226 g/mol. The maximum Gasteiger partial charge on any atom is 0.151 e. The van der Waals surface area contributed by atoms with Gasteiger partial charge in [-0.25, -0.2) is 4.39 Å². The molecule has 0 atom stereocenters. The molecule has 4 nitrogen and oxygen atoms in total. The molecule has 0 amide bonds. The summed E-state index contributed by atoms with van der Waals surface area (Å²) < 4.78 is 18.8. The summed E-state index contributed by atoms with van der Waals surface area (Å²) in [7, 11) is 1.50. The minimum absolute atomic E-state index is 0.292. The van der Waals surface area contributed by atoms with Crippen molar-refractivity contribution in [2.24, 2.45) is 0 Å². The molecule has 5 heteroatoms. The Kier molecular flexibility index (Phi) is 3.14. The van der Waals surface area contributed by atoms with E-state index < -0.39 is 0 Å². The molecule has 0 spiro atoms. The van der Waals surface area contributed by atoms with E-state index in [9.17, 15) is 4.39 Å². The molecule has 1 fully saturated rings. The quantitative estimate of drug-likeness (QED) is 0.783. The van der Waals surface area contributed by atoms with Gasteiger partial charge in [0.15, 0.2) is 5.82 Å². The lowest BCUT2D eigenvalue weighted by Crippen LogP contribution is -2.30. The molecule has 0 radical (unpaired) electrons. The highest BCUT2D eigenvalue weighted by Crippen LogP contribution is 2.31. The highest BCUT2D eigenvalue weighted by Gasteiger charge is 2.18. The van der Waals surface area contributed by atoms with Crippen LogP contribution in [-0.4, -0.2) is 20.3 Å². The fourth-order valence-corrected chi connectivity index (χ4v) is 1.71. The number of nitrogen functional groups attached to an aromatic ring is 1. The smallest absolute Gasteiger partial charge is 0.151 e. The number of methoxy groups -OCH3 is 1. The van der Waals surface area contributed by atoms with Crippen molar-refractivity contribution in [3.05, 3.63) is 17.9 Å². The molecule has 0 bridgehead atoms. The van der Waals surface area contributed by atoms with Crippen molar-refractivity contribution in [1.29, 1.82) is 0 Å².